The molecule has 10 heteroatoms. The molecule has 1 N–H and O–H groups in total. The molecule has 0 bridgehead atoms. The predicted octanol–water partition coefficient (Wildman–Crippen LogP) is 3.47. The topological polar surface area (TPSA) is 96.0 Å². The van der Waals surface area contributed by atoms with E-state index < -0.39 is 15.9 Å². The van der Waals surface area contributed by atoms with Gasteiger partial charge < -0.3 is 14.5 Å². The van der Waals surface area contributed by atoms with Crippen LogP contribution < -0.4 is 14.4 Å². The van der Waals surface area contributed by atoms with E-state index in [0.29, 0.717) is 37.7 Å². The van der Waals surface area contributed by atoms with Crippen molar-refractivity contribution in [1.29, 1.82) is 0 Å². The van der Waals surface area contributed by atoms with Crippen LogP contribution in [0, 0.1) is 0 Å². The number of carbonyl (C=O) groups is 2. The van der Waals surface area contributed by atoms with E-state index in [1.165, 1.54) is 11.3 Å². The number of benzene rings is 2. The molecule has 8 nitrogen and oxygen atoms in total. The first-order valence-electron chi connectivity index (χ1n) is 11.2. The van der Waals surface area contributed by atoms with Crippen molar-refractivity contribution in [3.63, 3.8) is 0 Å². The Hall–Kier alpha value is -3.37. The standard InChI is InChI=1S/C25H27N3O5S2/c1-3-33-22-6-4-5-19(15-22)20-16-23(34-17-20)25(30)28-13-11-27(12-14-28)21-9-7-18(8-10-21)24(29)26-35(2,31)32/h4-10,15-17H,3,11-14H2,1-2H3,(H,26,29). The highest BCUT2D eigenvalue weighted by atomic mass is 32.2. The zero-order valence-electron chi connectivity index (χ0n) is 19.6. The Morgan fingerprint density at radius 2 is 1.71 bits per heavy atom. The Bertz CT molecular complexity index is 1310. The minimum atomic E-state index is -3.61. The van der Waals surface area contributed by atoms with Crippen LogP contribution in [0.3, 0.4) is 0 Å². The van der Waals surface area contributed by atoms with Crippen molar-refractivity contribution in [2.24, 2.45) is 0 Å². The zero-order chi connectivity index (χ0) is 25.0. The normalized spacial score (nSPS) is 14.0. The van der Waals surface area contributed by atoms with Crippen LogP contribution in [-0.4, -0.2) is 64.2 Å². The zero-order valence-corrected chi connectivity index (χ0v) is 21.2. The number of rotatable bonds is 7. The molecule has 184 valence electrons. The van der Waals surface area contributed by atoms with Crippen molar-refractivity contribution in [2.75, 3.05) is 43.9 Å². The first kappa shape index (κ1) is 24.7. The summed E-state index contributed by atoms with van der Waals surface area (Å²) in [5.41, 5.74) is 3.21. The van der Waals surface area contributed by atoms with Gasteiger partial charge in [-0.2, -0.15) is 0 Å². The van der Waals surface area contributed by atoms with Crippen LogP contribution in [0.1, 0.15) is 27.0 Å². The molecular weight excluding hydrogens is 486 g/mol. The second-order valence-electron chi connectivity index (χ2n) is 8.19. The van der Waals surface area contributed by atoms with Gasteiger partial charge in [0.05, 0.1) is 17.7 Å². The molecule has 1 fully saturated rings. The second-order valence-corrected chi connectivity index (χ2v) is 10.8. The summed E-state index contributed by atoms with van der Waals surface area (Å²) in [6.07, 6.45) is 0.941. The van der Waals surface area contributed by atoms with Crippen LogP contribution in [0.2, 0.25) is 0 Å². The number of hydrogen-bond donors (Lipinski definition) is 1. The van der Waals surface area contributed by atoms with Crippen molar-refractivity contribution in [2.45, 2.75) is 6.92 Å². The molecule has 1 aliphatic rings. The third-order valence-electron chi connectivity index (χ3n) is 5.63. The Morgan fingerprint density at radius 3 is 2.37 bits per heavy atom. The maximum atomic E-state index is 13.1. The van der Waals surface area contributed by atoms with E-state index in [4.69, 9.17) is 4.74 Å². The number of thiophene rings is 1. The largest absolute Gasteiger partial charge is 0.494 e. The van der Waals surface area contributed by atoms with E-state index >= 15 is 0 Å². The molecule has 35 heavy (non-hydrogen) atoms. The number of sulfonamides is 1. The lowest BCUT2D eigenvalue weighted by atomic mass is 10.1. The van der Waals surface area contributed by atoms with Crippen molar-refractivity contribution in [3.8, 4) is 16.9 Å². The van der Waals surface area contributed by atoms with Crippen molar-refractivity contribution >= 4 is 38.9 Å². The van der Waals surface area contributed by atoms with Gasteiger partial charge in [0.15, 0.2) is 0 Å². The first-order chi connectivity index (χ1) is 16.7. The molecule has 3 aromatic rings. The van der Waals surface area contributed by atoms with Crippen molar-refractivity contribution in [1.82, 2.24) is 9.62 Å². The van der Waals surface area contributed by atoms with Crippen LogP contribution in [0.15, 0.2) is 60.0 Å². The summed E-state index contributed by atoms with van der Waals surface area (Å²) in [5.74, 6) is 0.174. The van der Waals surface area contributed by atoms with Gasteiger partial charge >= 0.3 is 0 Å². The van der Waals surface area contributed by atoms with Gasteiger partial charge in [0.1, 0.15) is 5.75 Å². The maximum Gasteiger partial charge on any atom is 0.264 e. The third-order valence-corrected chi connectivity index (χ3v) is 7.10. The lowest BCUT2D eigenvalue weighted by molar-refractivity contribution is 0.0751. The summed E-state index contributed by atoms with van der Waals surface area (Å²) in [7, 11) is -3.61. The second kappa shape index (κ2) is 10.5. The lowest BCUT2D eigenvalue weighted by Crippen LogP contribution is -2.48. The molecule has 0 spiro atoms. The number of ether oxygens (including phenoxy) is 1. The SMILES string of the molecule is CCOc1cccc(-c2csc(C(=O)N3CCN(c4ccc(C(=O)NS(C)(=O)=O)cc4)CC3)c2)c1. The lowest BCUT2D eigenvalue weighted by Gasteiger charge is -2.36. The molecule has 0 atom stereocenters. The van der Waals surface area contributed by atoms with Crippen LogP contribution in [0.4, 0.5) is 5.69 Å². The molecule has 0 saturated carbocycles. The number of carbonyl (C=O) groups excluding carboxylic acids is 2. The highest BCUT2D eigenvalue weighted by molar-refractivity contribution is 7.89. The van der Waals surface area contributed by atoms with Crippen LogP contribution in [0.25, 0.3) is 11.1 Å². The molecule has 0 unspecified atom stereocenters. The molecular formula is C25H27N3O5S2. The Labute approximate surface area is 209 Å². The Kier molecular flexibility index (Phi) is 7.42. The summed E-state index contributed by atoms with van der Waals surface area (Å²) in [5, 5.41) is 2.00. The number of anilines is 1. The molecule has 1 aliphatic heterocycles. The van der Waals surface area contributed by atoms with Crippen LogP contribution in [0.5, 0.6) is 5.75 Å². The first-order valence-corrected chi connectivity index (χ1v) is 14.0. The number of nitrogens with one attached hydrogen (secondary N) is 1. The molecule has 1 saturated heterocycles. The summed E-state index contributed by atoms with van der Waals surface area (Å²) in [6, 6.07) is 16.6. The fourth-order valence-electron chi connectivity index (χ4n) is 3.91. The van der Waals surface area contributed by atoms with Gasteiger partial charge in [-0.25, -0.2) is 13.1 Å². The Balaban J connectivity index is 1.36. The van der Waals surface area contributed by atoms with Gasteiger partial charge in [0.25, 0.3) is 11.8 Å². The van der Waals surface area contributed by atoms with E-state index in [0.717, 1.165) is 28.8 Å². The van der Waals surface area contributed by atoms with E-state index in [-0.39, 0.29) is 11.5 Å². The van der Waals surface area contributed by atoms with Crippen LogP contribution in [-0.2, 0) is 10.0 Å². The Morgan fingerprint density at radius 1 is 1.00 bits per heavy atom. The van der Waals surface area contributed by atoms with E-state index in [1.807, 2.05) is 52.3 Å². The van der Waals surface area contributed by atoms with Crippen molar-refractivity contribution in [3.05, 3.63) is 70.4 Å². The molecule has 2 aromatic carbocycles. The average molecular weight is 514 g/mol. The molecule has 0 aliphatic carbocycles. The summed E-state index contributed by atoms with van der Waals surface area (Å²) >= 11 is 1.44. The van der Waals surface area contributed by atoms with Gasteiger partial charge in [-0.1, -0.05) is 12.1 Å². The molecule has 1 aromatic heterocycles. The van der Waals surface area contributed by atoms with Gasteiger partial charge in [-0.05, 0) is 65.9 Å². The van der Waals surface area contributed by atoms with E-state index in [9.17, 15) is 18.0 Å². The average Bonchev–Trinajstić information content (AvgIpc) is 3.34. The monoisotopic (exact) mass is 513 g/mol. The summed E-state index contributed by atoms with van der Waals surface area (Å²) in [6.45, 7) is 5.05. The molecule has 0 radical (unpaired) electrons. The number of nitrogens with zero attached hydrogens (tertiary/aromatic N) is 2. The number of piperazine rings is 1. The number of hydrogen-bond acceptors (Lipinski definition) is 7. The van der Waals surface area contributed by atoms with Crippen molar-refractivity contribution < 1.29 is 22.7 Å². The fraction of sp³-hybridized carbons (Fsp3) is 0.280. The van der Waals surface area contributed by atoms with E-state index in [2.05, 4.69) is 4.90 Å². The molecule has 2 amide bonds. The minimum absolute atomic E-state index is 0.0228. The fourth-order valence-corrected chi connectivity index (χ4v) is 5.24. The summed E-state index contributed by atoms with van der Waals surface area (Å²) in [4.78, 5) is 29.8. The summed E-state index contributed by atoms with van der Waals surface area (Å²) < 4.78 is 30.0. The molecule has 4 rings (SSSR count). The van der Waals surface area contributed by atoms with Gasteiger partial charge in [-0.15, -0.1) is 11.3 Å². The highest BCUT2D eigenvalue weighted by Crippen LogP contribution is 2.29. The minimum Gasteiger partial charge on any atom is -0.494 e. The van der Waals surface area contributed by atoms with Crippen LogP contribution >= 0.6 is 11.3 Å². The smallest absolute Gasteiger partial charge is 0.264 e. The van der Waals surface area contributed by atoms with Gasteiger partial charge in [0, 0.05) is 37.4 Å². The van der Waals surface area contributed by atoms with Gasteiger partial charge in [-0.3, -0.25) is 9.59 Å². The third kappa shape index (κ3) is 6.20. The highest BCUT2D eigenvalue weighted by Gasteiger charge is 2.24. The molecule has 2 heterocycles. The maximum absolute atomic E-state index is 13.1. The van der Waals surface area contributed by atoms with E-state index in [1.54, 1.807) is 24.3 Å². The predicted molar refractivity (Wildman–Crippen MR) is 138 cm³/mol. The quantitative estimate of drug-likeness (QED) is 0.520. The van der Waals surface area contributed by atoms with Gasteiger partial charge in [0.2, 0.25) is 10.0 Å². The number of amides is 2.